The minimum Gasteiger partial charge on any atom is -0.396 e. The van der Waals surface area contributed by atoms with Gasteiger partial charge in [-0.1, -0.05) is 18.5 Å². The molecule has 10 heavy (non-hydrogen) atoms. The molecule has 2 N–H and O–H groups in total. The van der Waals surface area contributed by atoms with E-state index in [1.807, 2.05) is 6.92 Å². The summed E-state index contributed by atoms with van der Waals surface area (Å²) < 4.78 is 0. The Morgan fingerprint density at radius 1 is 1.70 bits per heavy atom. The van der Waals surface area contributed by atoms with Crippen molar-refractivity contribution in [2.24, 2.45) is 0 Å². The molecule has 0 fully saturated rings. The molecule has 0 saturated carbocycles. The van der Waals surface area contributed by atoms with Crippen molar-refractivity contribution >= 4 is 17.3 Å². The summed E-state index contributed by atoms with van der Waals surface area (Å²) in [5.74, 6) is 0. The number of hydrogen-bond acceptors (Lipinski definition) is 2. The lowest BCUT2D eigenvalue weighted by Gasteiger charge is -2.01. The molecule has 0 aliphatic rings. The van der Waals surface area contributed by atoms with Gasteiger partial charge in [-0.25, -0.2) is 0 Å². The van der Waals surface area contributed by atoms with Crippen molar-refractivity contribution in [1.29, 1.82) is 0 Å². The van der Waals surface area contributed by atoms with Crippen LogP contribution < -0.4 is 5.73 Å². The molecule has 1 aromatic rings. The summed E-state index contributed by atoms with van der Waals surface area (Å²) in [5.41, 5.74) is 7.07. The minimum atomic E-state index is 0.590. The first kappa shape index (κ1) is 7.35. The van der Waals surface area contributed by atoms with E-state index in [9.17, 15) is 0 Å². The van der Waals surface area contributed by atoms with Crippen LogP contribution in [-0.2, 0) is 6.42 Å². The molecule has 1 rings (SSSR count). The van der Waals surface area contributed by atoms with Crippen LogP contribution in [0.2, 0.25) is 5.02 Å². The second-order valence-electron chi connectivity index (χ2n) is 2.01. The Bertz CT molecular complexity index is 235. The molecule has 3 heteroatoms. The fourth-order valence-electron chi connectivity index (χ4n) is 0.772. The maximum absolute atomic E-state index is 5.73. The van der Waals surface area contributed by atoms with E-state index in [1.54, 1.807) is 12.3 Å². The standard InChI is InChI=1S/C7H9ClN2/c1-2-6-7(9)5(8)3-4-10-6/h3-4H,2,9H2,1H3. The van der Waals surface area contributed by atoms with Crippen LogP contribution in [0, 0.1) is 0 Å². The summed E-state index contributed by atoms with van der Waals surface area (Å²) in [6, 6.07) is 1.69. The van der Waals surface area contributed by atoms with Crippen molar-refractivity contribution < 1.29 is 0 Å². The maximum atomic E-state index is 5.73. The molecule has 0 amide bonds. The highest BCUT2D eigenvalue weighted by molar-refractivity contribution is 6.33. The smallest absolute Gasteiger partial charge is 0.0722 e. The zero-order valence-corrected chi connectivity index (χ0v) is 6.52. The van der Waals surface area contributed by atoms with Crippen molar-refractivity contribution in [2.45, 2.75) is 13.3 Å². The minimum absolute atomic E-state index is 0.590. The first-order chi connectivity index (χ1) is 4.75. The largest absolute Gasteiger partial charge is 0.396 e. The predicted octanol–water partition coefficient (Wildman–Crippen LogP) is 1.88. The van der Waals surface area contributed by atoms with Crippen LogP contribution in [0.25, 0.3) is 0 Å². The molecule has 1 heterocycles. The highest BCUT2D eigenvalue weighted by atomic mass is 35.5. The van der Waals surface area contributed by atoms with Crippen LogP contribution in [0.1, 0.15) is 12.6 Å². The van der Waals surface area contributed by atoms with Crippen LogP contribution in [0.3, 0.4) is 0 Å². The molecule has 0 unspecified atom stereocenters. The quantitative estimate of drug-likeness (QED) is 0.675. The third-order valence-corrected chi connectivity index (χ3v) is 1.68. The Labute approximate surface area is 65.0 Å². The third kappa shape index (κ3) is 1.21. The Hall–Kier alpha value is -0.760. The van der Waals surface area contributed by atoms with Gasteiger partial charge in [0.05, 0.1) is 16.4 Å². The van der Waals surface area contributed by atoms with E-state index in [0.29, 0.717) is 10.7 Å². The normalized spacial score (nSPS) is 9.80. The monoisotopic (exact) mass is 156 g/mol. The molecule has 0 radical (unpaired) electrons. The van der Waals surface area contributed by atoms with E-state index >= 15 is 0 Å². The van der Waals surface area contributed by atoms with Crippen molar-refractivity contribution in [3.63, 3.8) is 0 Å². The van der Waals surface area contributed by atoms with Crippen molar-refractivity contribution in [1.82, 2.24) is 4.98 Å². The number of nitrogen functional groups attached to an aromatic ring is 1. The number of aryl methyl sites for hydroxylation is 1. The number of nitrogens with two attached hydrogens (primary N) is 1. The van der Waals surface area contributed by atoms with Crippen LogP contribution in [0.15, 0.2) is 12.3 Å². The van der Waals surface area contributed by atoms with Gasteiger partial charge < -0.3 is 5.73 Å². The number of anilines is 1. The Morgan fingerprint density at radius 3 is 2.90 bits per heavy atom. The average molecular weight is 157 g/mol. The van der Waals surface area contributed by atoms with E-state index in [0.717, 1.165) is 12.1 Å². The molecule has 1 aromatic heterocycles. The average Bonchev–Trinajstić information content (AvgIpc) is 1.95. The summed E-state index contributed by atoms with van der Waals surface area (Å²) in [5, 5.41) is 0.590. The van der Waals surface area contributed by atoms with Gasteiger partial charge in [0.1, 0.15) is 0 Å². The lowest BCUT2D eigenvalue weighted by Crippen LogP contribution is -1.96. The molecule has 0 aliphatic heterocycles. The Kier molecular flexibility index (Phi) is 2.12. The summed E-state index contributed by atoms with van der Waals surface area (Å²) in [6.07, 6.45) is 2.49. The van der Waals surface area contributed by atoms with Gasteiger partial charge in [-0.15, -0.1) is 0 Å². The molecular weight excluding hydrogens is 148 g/mol. The number of aromatic nitrogens is 1. The SMILES string of the molecule is CCc1nccc(Cl)c1N. The lowest BCUT2D eigenvalue weighted by atomic mass is 10.2. The van der Waals surface area contributed by atoms with Crippen LogP contribution in [-0.4, -0.2) is 4.98 Å². The van der Waals surface area contributed by atoms with E-state index < -0.39 is 0 Å². The van der Waals surface area contributed by atoms with E-state index in [1.165, 1.54) is 0 Å². The molecule has 0 atom stereocenters. The van der Waals surface area contributed by atoms with Gasteiger partial charge in [0.25, 0.3) is 0 Å². The zero-order chi connectivity index (χ0) is 7.56. The third-order valence-electron chi connectivity index (χ3n) is 1.35. The molecule has 0 aliphatic carbocycles. The summed E-state index contributed by atoms with van der Waals surface area (Å²) in [4.78, 5) is 4.05. The van der Waals surface area contributed by atoms with Crippen LogP contribution >= 0.6 is 11.6 Å². The van der Waals surface area contributed by atoms with Gasteiger partial charge >= 0.3 is 0 Å². The second kappa shape index (κ2) is 2.88. The second-order valence-corrected chi connectivity index (χ2v) is 2.41. The molecule has 0 bridgehead atoms. The first-order valence-electron chi connectivity index (χ1n) is 3.14. The van der Waals surface area contributed by atoms with Gasteiger partial charge in [-0.2, -0.15) is 0 Å². The van der Waals surface area contributed by atoms with E-state index in [-0.39, 0.29) is 0 Å². The summed E-state index contributed by atoms with van der Waals surface area (Å²) in [6.45, 7) is 2.00. The lowest BCUT2D eigenvalue weighted by molar-refractivity contribution is 1.04. The van der Waals surface area contributed by atoms with Gasteiger partial charge in [-0.05, 0) is 12.5 Å². The fourth-order valence-corrected chi connectivity index (χ4v) is 0.937. The van der Waals surface area contributed by atoms with E-state index in [2.05, 4.69) is 4.98 Å². The molecule has 0 saturated heterocycles. The zero-order valence-electron chi connectivity index (χ0n) is 5.76. The van der Waals surface area contributed by atoms with Crippen molar-refractivity contribution in [3.8, 4) is 0 Å². The molecule has 2 nitrogen and oxygen atoms in total. The summed E-state index contributed by atoms with van der Waals surface area (Å²) in [7, 11) is 0. The molecule has 0 aromatic carbocycles. The fraction of sp³-hybridized carbons (Fsp3) is 0.286. The van der Waals surface area contributed by atoms with Gasteiger partial charge in [0, 0.05) is 6.20 Å². The van der Waals surface area contributed by atoms with Crippen molar-refractivity contribution in [3.05, 3.63) is 23.0 Å². The Balaban J connectivity index is 3.14. The number of halogens is 1. The number of nitrogens with zero attached hydrogens (tertiary/aromatic N) is 1. The summed E-state index contributed by atoms with van der Waals surface area (Å²) >= 11 is 5.73. The van der Waals surface area contributed by atoms with Crippen LogP contribution in [0.5, 0.6) is 0 Å². The highest BCUT2D eigenvalue weighted by Gasteiger charge is 2.00. The Morgan fingerprint density at radius 2 is 2.40 bits per heavy atom. The van der Waals surface area contributed by atoms with Crippen LogP contribution in [0.4, 0.5) is 5.69 Å². The van der Waals surface area contributed by atoms with Crippen molar-refractivity contribution in [2.75, 3.05) is 5.73 Å². The van der Waals surface area contributed by atoms with Gasteiger partial charge in [0.15, 0.2) is 0 Å². The number of hydrogen-bond donors (Lipinski definition) is 1. The predicted molar refractivity (Wildman–Crippen MR) is 43.0 cm³/mol. The number of pyridine rings is 1. The first-order valence-corrected chi connectivity index (χ1v) is 3.52. The molecular formula is C7H9ClN2. The number of rotatable bonds is 1. The van der Waals surface area contributed by atoms with Gasteiger partial charge in [0.2, 0.25) is 0 Å². The maximum Gasteiger partial charge on any atom is 0.0722 e. The van der Waals surface area contributed by atoms with Gasteiger partial charge in [-0.3, -0.25) is 4.98 Å². The molecule has 0 spiro atoms. The van der Waals surface area contributed by atoms with E-state index in [4.69, 9.17) is 17.3 Å². The highest BCUT2D eigenvalue weighted by Crippen LogP contribution is 2.19. The topological polar surface area (TPSA) is 38.9 Å². The molecule has 54 valence electrons.